The first kappa shape index (κ1) is 31.1. The standard InChI is InChI=1S/C27H33BrCl2N2O5/c1-16-22(25(35)23(28)17(2)24(16)34)27(3,4)15-21(33)31-20(26(36)37-5)14-18-6-8-19(9-7-18)32(12-10-29)13-11-30/h6-9,20H,10-15H2,1-5H3,(H,31,33)/t20-/m0/s1. The van der Waals surface area contributed by atoms with E-state index in [1.54, 1.807) is 27.7 Å². The number of hydrogen-bond acceptors (Lipinski definition) is 6. The van der Waals surface area contributed by atoms with Crippen LogP contribution in [-0.2, 0) is 30.3 Å². The first-order chi connectivity index (χ1) is 17.4. The van der Waals surface area contributed by atoms with Crippen molar-refractivity contribution in [3.8, 4) is 0 Å². The van der Waals surface area contributed by atoms with Crippen LogP contribution in [0.25, 0.3) is 0 Å². The number of anilines is 1. The number of amides is 1. The van der Waals surface area contributed by atoms with E-state index in [0.717, 1.165) is 11.3 Å². The third-order valence-corrected chi connectivity index (χ3v) is 7.66. The number of benzene rings is 1. The lowest BCUT2D eigenvalue weighted by atomic mass is 9.73. The summed E-state index contributed by atoms with van der Waals surface area (Å²) in [6.07, 6.45) is 0.118. The molecule has 10 heteroatoms. The lowest BCUT2D eigenvalue weighted by molar-refractivity contribution is -0.145. The van der Waals surface area contributed by atoms with Crippen LogP contribution in [-0.4, -0.2) is 61.4 Å². The molecule has 1 aromatic rings. The van der Waals surface area contributed by atoms with Gasteiger partial charge in [-0.15, -0.1) is 23.2 Å². The number of allylic oxidation sites excluding steroid dienone is 4. The Hall–Kier alpha value is -2.16. The molecule has 0 aliphatic heterocycles. The van der Waals surface area contributed by atoms with E-state index in [9.17, 15) is 19.2 Å². The highest BCUT2D eigenvalue weighted by Crippen LogP contribution is 2.40. The summed E-state index contributed by atoms with van der Waals surface area (Å²) in [5.41, 5.74) is 1.79. The topological polar surface area (TPSA) is 92.8 Å². The Morgan fingerprint density at radius 3 is 2.11 bits per heavy atom. The number of nitrogens with zero attached hydrogens (tertiary/aromatic N) is 1. The van der Waals surface area contributed by atoms with Gasteiger partial charge in [0, 0.05) is 65.5 Å². The molecular formula is C27H33BrCl2N2O5. The maximum atomic E-state index is 13.1. The number of methoxy groups -OCH3 is 1. The molecule has 1 aliphatic carbocycles. The number of ether oxygens (including phenoxy) is 1. The van der Waals surface area contributed by atoms with Crippen molar-refractivity contribution < 1.29 is 23.9 Å². The summed E-state index contributed by atoms with van der Waals surface area (Å²) in [4.78, 5) is 53.2. The maximum Gasteiger partial charge on any atom is 0.328 e. The molecule has 37 heavy (non-hydrogen) atoms. The van der Waals surface area contributed by atoms with Gasteiger partial charge >= 0.3 is 5.97 Å². The fraction of sp³-hybridized carbons (Fsp3) is 0.481. The lowest BCUT2D eigenvalue weighted by Gasteiger charge is -2.31. The summed E-state index contributed by atoms with van der Waals surface area (Å²) in [5, 5.41) is 2.75. The van der Waals surface area contributed by atoms with Crippen LogP contribution in [0.1, 0.15) is 39.7 Å². The number of nitrogens with one attached hydrogen (secondary N) is 1. The molecule has 0 bridgehead atoms. The van der Waals surface area contributed by atoms with Gasteiger partial charge in [-0.1, -0.05) is 26.0 Å². The van der Waals surface area contributed by atoms with E-state index < -0.39 is 23.3 Å². The highest BCUT2D eigenvalue weighted by Gasteiger charge is 2.39. The Morgan fingerprint density at radius 1 is 1.03 bits per heavy atom. The number of rotatable bonds is 12. The van der Waals surface area contributed by atoms with Gasteiger partial charge in [0.2, 0.25) is 5.91 Å². The molecule has 1 aliphatic rings. The molecule has 7 nitrogen and oxygen atoms in total. The van der Waals surface area contributed by atoms with Crippen LogP contribution >= 0.6 is 39.1 Å². The average molecular weight is 616 g/mol. The van der Waals surface area contributed by atoms with Crippen LogP contribution in [0, 0.1) is 5.41 Å². The van der Waals surface area contributed by atoms with E-state index in [4.69, 9.17) is 27.9 Å². The molecule has 2 rings (SSSR count). The molecule has 1 N–H and O–H groups in total. The van der Waals surface area contributed by atoms with Gasteiger partial charge in [0.05, 0.1) is 11.6 Å². The molecule has 0 radical (unpaired) electrons. The zero-order valence-electron chi connectivity index (χ0n) is 21.8. The van der Waals surface area contributed by atoms with E-state index in [1.165, 1.54) is 7.11 Å². The molecule has 0 unspecified atom stereocenters. The molecule has 0 aromatic heterocycles. The number of carbonyl (C=O) groups is 4. The van der Waals surface area contributed by atoms with Gasteiger partial charge in [0.15, 0.2) is 11.6 Å². The van der Waals surface area contributed by atoms with Crippen molar-refractivity contribution in [3.05, 3.63) is 51.0 Å². The van der Waals surface area contributed by atoms with Crippen LogP contribution in [0.3, 0.4) is 0 Å². The average Bonchev–Trinajstić information content (AvgIpc) is 2.85. The molecule has 1 aromatic carbocycles. The fourth-order valence-corrected chi connectivity index (χ4v) is 5.27. The Morgan fingerprint density at radius 2 is 1.59 bits per heavy atom. The van der Waals surface area contributed by atoms with Crippen molar-refractivity contribution in [2.24, 2.45) is 5.41 Å². The third kappa shape index (κ3) is 7.68. The van der Waals surface area contributed by atoms with E-state index in [-0.39, 0.29) is 34.5 Å². The monoisotopic (exact) mass is 614 g/mol. The minimum Gasteiger partial charge on any atom is -0.467 e. The number of hydrogen-bond donors (Lipinski definition) is 1. The van der Waals surface area contributed by atoms with E-state index in [1.807, 2.05) is 24.3 Å². The molecule has 0 saturated carbocycles. The predicted octanol–water partition coefficient (Wildman–Crippen LogP) is 4.72. The van der Waals surface area contributed by atoms with Gasteiger partial charge in [-0.2, -0.15) is 0 Å². The third-order valence-electron chi connectivity index (χ3n) is 6.36. The number of Topliss-reactive ketones (excluding diaryl/α,β-unsaturated/α-hetero) is 2. The lowest BCUT2D eigenvalue weighted by Crippen LogP contribution is -2.45. The summed E-state index contributed by atoms with van der Waals surface area (Å²) in [6, 6.07) is 6.67. The van der Waals surface area contributed by atoms with Crippen molar-refractivity contribution in [2.75, 3.05) is 36.9 Å². The quantitative estimate of drug-likeness (QED) is 0.208. The minimum atomic E-state index is -0.947. The van der Waals surface area contributed by atoms with Crippen LogP contribution < -0.4 is 10.2 Å². The number of esters is 1. The molecule has 0 saturated heterocycles. The second kappa shape index (κ2) is 13.6. The Labute approximate surface area is 236 Å². The van der Waals surface area contributed by atoms with E-state index in [2.05, 4.69) is 26.1 Å². The smallest absolute Gasteiger partial charge is 0.328 e. The summed E-state index contributed by atoms with van der Waals surface area (Å²) in [6.45, 7) is 7.96. The summed E-state index contributed by atoms with van der Waals surface area (Å²) in [5.74, 6) is -0.629. The van der Waals surface area contributed by atoms with Crippen molar-refractivity contribution in [2.45, 2.75) is 46.6 Å². The molecule has 0 fully saturated rings. The van der Waals surface area contributed by atoms with Crippen molar-refractivity contribution in [1.29, 1.82) is 0 Å². The molecule has 0 spiro atoms. The first-order valence-electron chi connectivity index (χ1n) is 11.9. The summed E-state index contributed by atoms with van der Waals surface area (Å²) in [7, 11) is 1.26. The highest BCUT2D eigenvalue weighted by atomic mass is 79.9. The summed E-state index contributed by atoms with van der Waals surface area (Å²) < 4.78 is 5.13. The van der Waals surface area contributed by atoms with Gasteiger partial charge in [-0.25, -0.2) is 4.79 Å². The number of halogens is 3. The van der Waals surface area contributed by atoms with Gasteiger partial charge < -0.3 is 15.0 Å². The Balaban J connectivity index is 2.18. The molecule has 1 atom stereocenters. The minimum absolute atomic E-state index is 0.101. The number of alkyl halides is 2. The largest absolute Gasteiger partial charge is 0.467 e. The fourth-order valence-electron chi connectivity index (χ4n) is 4.48. The van der Waals surface area contributed by atoms with Crippen LogP contribution in [0.4, 0.5) is 5.69 Å². The highest BCUT2D eigenvalue weighted by molar-refractivity contribution is 9.12. The van der Waals surface area contributed by atoms with Crippen molar-refractivity contribution in [1.82, 2.24) is 5.32 Å². The number of carbonyl (C=O) groups excluding carboxylic acids is 4. The van der Waals surface area contributed by atoms with Gasteiger partial charge in [-0.3, -0.25) is 14.4 Å². The molecule has 202 valence electrons. The zero-order valence-corrected chi connectivity index (χ0v) is 24.8. The molecule has 1 amide bonds. The predicted molar refractivity (Wildman–Crippen MR) is 150 cm³/mol. The van der Waals surface area contributed by atoms with Crippen LogP contribution in [0.15, 0.2) is 45.5 Å². The SMILES string of the molecule is COC(=O)[C@H](Cc1ccc(N(CCCl)CCCl)cc1)NC(=O)CC(C)(C)C1=C(C)C(=O)C(C)=C(Br)C1=O. The Kier molecular flexibility index (Phi) is 11.4. The van der Waals surface area contributed by atoms with Crippen molar-refractivity contribution >= 4 is 68.3 Å². The van der Waals surface area contributed by atoms with E-state index >= 15 is 0 Å². The van der Waals surface area contributed by atoms with Crippen LogP contribution in [0.5, 0.6) is 0 Å². The molecule has 0 heterocycles. The second-order valence-corrected chi connectivity index (χ2v) is 11.1. The summed E-state index contributed by atoms with van der Waals surface area (Å²) >= 11 is 15.0. The molecular weight excluding hydrogens is 583 g/mol. The Bertz CT molecular complexity index is 1110. The zero-order chi connectivity index (χ0) is 27.9. The number of ketones is 2. The first-order valence-corrected chi connectivity index (χ1v) is 13.7. The second-order valence-electron chi connectivity index (χ2n) is 9.54. The normalized spacial score (nSPS) is 15.1. The van der Waals surface area contributed by atoms with Gasteiger partial charge in [0.1, 0.15) is 6.04 Å². The van der Waals surface area contributed by atoms with Gasteiger partial charge in [-0.05, 0) is 47.5 Å². The van der Waals surface area contributed by atoms with Crippen LogP contribution in [0.2, 0.25) is 0 Å². The van der Waals surface area contributed by atoms with Crippen molar-refractivity contribution in [3.63, 3.8) is 0 Å². The van der Waals surface area contributed by atoms with Gasteiger partial charge in [0.25, 0.3) is 0 Å². The maximum absolute atomic E-state index is 13.1. The van der Waals surface area contributed by atoms with E-state index in [0.29, 0.717) is 36.0 Å².